The highest BCUT2D eigenvalue weighted by molar-refractivity contribution is 5.01. The molecule has 4 atom stereocenters. The molecular weight excluding hydrogens is 153 g/mol. The Hall–Kier alpha value is -0.700. The van der Waals surface area contributed by atoms with Crippen LogP contribution in [-0.2, 0) is 4.74 Å². The second kappa shape index (κ2) is 3.13. The molecular formula is C6H8FNO3. The van der Waals surface area contributed by atoms with Crippen molar-refractivity contribution in [1.29, 1.82) is 5.26 Å². The summed E-state index contributed by atoms with van der Waals surface area (Å²) >= 11 is 0. The second-order valence-corrected chi connectivity index (χ2v) is 2.34. The summed E-state index contributed by atoms with van der Waals surface area (Å²) in [6.07, 6.45) is -5.31. The maximum atomic E-state index is 12.7. The first-order chi connectivity index (χ1) is 5.20. The Bertz CT molecular complexity index is 181. The van der Waals surface area contributed by atoms with Gasteiger partial charge in [0.25, 0.3) is 0 Å². The van der Waals surface area contributed by atoms with Gasteiger partial charge in [-0.25, -0.2) is 4.39 Å². The SMILES string of the molecule is N#CC1OC(CO)C(O)C1F. The fourth-order valence-corrected chi connectivity index (χ4v) is 0.981. The van der Waals surface area contributed by atoms with Crippen LogP contribution in [0.5, 0.6) is 0 Å². The first kappa shape index (κ1) is 8.40. The number of halogens is 1. The fraction of sp³-hybridized carbons (Fsp3) is 0.833. The Balaban J connectivity index is 2.62. The number of ether oxygens (including phenoxy) is 1. The molecule has 0 amide bonds. The van der Waals surface area contributed by atoms with Crippen LogP contribution in [0.4, 0.5) is 4.39 Å². The third kappa shape index (κ3) is 1.33. The summed E-state index contributed by atoms with van der Waals surface area (Å²) < 4.78 is 17.4. The van der Waals surface area contributed by atoms with E-state index in [1.54, 1.807) is 6.07 Å². The third-order valence-electron chi connectivity index (χ3n) is 1.62. The summed E-state index contributed by atoms with van der Waals surface area (Å²) in [5.41, 5.74) is 0. The zero-order valence-electron chi connectivity index (χ0n) is 5.64. The normalized spacial score (nSPS) is 43.8. The summed E-state index contributed by atoms with van der Waals surface area (Å²) in [6, 6.07) is 1.54. The van der Waals surface area contributed by atoms with E-state index < -0.39 is 31.1 Å². The summed E-state index contributed by atoms with van der Waals surface area (Å²) in [4.78, 5) is 0. The molecule has 0 bridgehead atoms. The molecule has 0 aromatic rings. The predicted octanol–water partition coefficient (Wildman–Crippen LogP) is -1.03. The lowest BCUT2D eigenvalue weighted by atomic mass is 10.1. The number of alkyl halides is 1. The molecule has 11 heavy (non-hydrogen) atoms. The van der Waals surface area contributed by atoms with Crippen LogP contribution in [0.1, 0.15) is 0 Å². The number of nitrogens with zero attached hydrogens (tertiary/aromatic N) is 1. The van der Waals surface area contributed by atoms with E-state index in [-0.39, 0.29) is 0 Å². The summed E-state index contributed by atoms with van der Waals surface area (Å²) in [5.74, 6) is 0. The predicted molar refractivity (Wildman–Crippen MR) is 32.3 cm³/mol. The first-order valence-corrected chi connectivity index (χ1v) is 3.18. The van der Waals surface area contributed by atoms with Gasteiger partial charge in [0.1, 0.15) is 12.2 Å². The molecule has 1 saturated heterocycles. The molecule has 0 aromatic heterocycles. The first-order valence-electron chi connectivity index (χ1n) is 3.18. The van der Waals surface area contributed by atoms with Gasteiger partial charge in [0, 0.05) is 0 Å². The van der Waals surface area contributed by atoms with Gasteiger partial charge in [0.15, 0.2) is 12.3 Å². The minimum Gasteiger partial charge on any atom is -0.394 e. The van der Waals surface area contributed by atoms with E-state index in [1.807, 2.05) is 0 Å². The van der Waals surface area contributed by atoms with Gasteiger partial charge in [0.2, 0.25) is 0 Å². The van der Waals surface area contributed by atoms with Crippen LogP contribution >= 0.6 is 0 Å². The molecule has 1 aliphatic heterocycles. The van der Waals surface area contributed by atoms with Gasteiger partial charge in [0.05, 0.1) is 12.7 Å². The van der Waals surface area contributed by atoms with Gasteiger partial charge in [-0.05, 0) is 0 Å². The molecule has 1 heterocycles. The highest BCUT2D eigenvalue weighted by atomic mass is 19.1. The lowest BCUT2D eigenvalue weighted by Gasteiger charge is -2.08. The van der Waals surface area contributed by atoms with E-state index in [1.165, 1.54) is 0 Å². The van der Waals surface area contributed by atoms with E-state index in [9.17, 15) is 4.39 Å². The van der Waals surface area contributed by atoms with E-state index >= 15 is 0 Å². The number of hydrogen-bond acceptors (Lipinski definition) is 4. The number of hydrogen-bond donors (Lipinski definition) is 2. The van der Waals surface area contributed by atoms with Gasteiger partial charge < -0.3 is 14.9 Å². The van der Waals surface area contributed by atoms with Crippen LogP contribution in [-0.4, -0.2) is 41.3 Å². The average molecular weight is 161 g/mol. The van der Waals surface area contributed by atoms with Gasteiger partial charge in [-0.15, -0.1) is 0 Å². The van der Waals surface area contributed by atoms with Crippen molar-refractivity contribution in [2.24, 2.45) is 0 Å². The van der Waals surface area contributed by atoms with Gasteiger partial charge >= 0.3 is 0 Å². The average Bonchev–Trinajstić information content (AvgIpc) is 2.30. The second-order valence-electron chi connectivity index (χ2n) is 2.34. The van der Waals surface area contributed by atoms with Crippen molar-refractivity contribution in [3.05, 3.63) is 0 Å². The summed E-state index contributed by atoms with van der Waals surface area (Å²) in [7, 11) is 0. The van der Waals surface area contributed by atoms with Gasteiger partial charge in [-0.3, -0.25) is 0 Å². The van der Waals surface area contributed by atoms with Crippen molar-refractivity contribution in [2.75, 3.05) is 6.61 Å². The Labute approximate surface area is 62.8 Å². The molecule has 5 heteroatoms. The molecule has 1 rings (SSSR count). The molecule has 0 aliphatic carbocycles. The third-order valence-corrected chi connectivity index (χ3v) is 1.62. The Kier molecular flexibility index (Phi) is 2.39. The van der Waals surface area contributed by atoms with Crippen LogP contribution in [0, 0.1) is 11.3 Å². The monoisotopic (exact) mass is 161 g/mol. The van der Waals surface area contributed by atoms with E-state index in [4.69, 9.17) is 15.5 Å². The number of nitriles is 1. The largest absolute Gasteiger partial charge is 0.394 e. The van der Waals surface area contributed by atoms with Crippen LogP contribution in [0.15, 0.2) is 0 Å². The highest BCUT2D eigenvalue weighted by Crippen LogP contribution is 2.22. The summed E-state index contributed by atoms with van der Waals surface area (Å²) in [6.45, 7) is -0.472. The van der Waals surface area contributed by atoms with Crippen molar-refractivity contribution in [2.45, 2.75) is 24.5 Å². The molecule has 0 saturated carbocycles. The van der Waals surface area contributed by atoms with E-state index in [2.05, 4.69) is 4.74 Å². The van der Waals surface area contributed by atoms with Crippen LogP contribution in [0.3, 0.4) is 0 Å². The quantitative estimate of drug-likeness (QED) is 0.515. The number of rotatable bonds is 1. The van der Waals surface area contributed by atoms with Crippen molar-refractivity contribution < 1.29 is 19.3 Å². The number of aliphatic hydroxyl groups is 2. The molecule has 0 spiro atoms. The summed E-state index contributed by atoms with van der Waals surface area (Å²) in [5, 5.41) is 25.7. The van der Waals surface area contributed by atoms with Crippen LogP contribution in [0.2, 0.25) is 0 Å². The van der Waals surface area contributed by atoms with E-state index in [0.29, 0.717) is 0 Å². The minimum absolute atomic E-state index is 0.472. The smallest absolute Gasteiger partial charge is 0.178 e. The fourth-order valence-electron chi connectivity index (χ4n) is 0.981. The molecule has 62 valence electrons. The van der Waals surface area contributed by atoms with Crippen LogP contribution in [0.25, 0.3) is 0 Å². The van der Waals surface area contributed by atoms with Crippen molar-refractivity contribution >= 4 is 0 Å². The minimum atomic E-state index is -1.71. The molecule has 4 nitrogen and oxygen atoms in total. The standard InChI is InChI=1S/C6H8FNO3/c7-5-3(1-8)11-4(2-9)6(5)10/h3-6,9-10H,2H2. The molecule has 0 radical (unpaired) electrons. The topological polar surface area (TPSA) is 73.5 Å². The zero-order chi connectivity index (χ0) is 8.43. The molecule has 0 aromatic carbocycles. The lowest BCUT2D eigenvalue weighted by Crippen LogP contribution is -2.30. The Morgan fingerprint density at radius 1 is 1.64 bits per heavy atom. The van der Waals surface area contributed by atoms with Crippen molar-refractivity contribution in [3.8, 4) is 6.07 Å². The molecule has 2 N–H and O–H groups in total. The van der Waals surface area contributed by atoms with Crippen LogP contribution < -0.4 is 0 Å². The van der Waals surface area contributed by atoms with Crippen molar-refractivity contribution in [1.82, 2.24) is 0 Å². The van der Waals surface area contributed by atoms with E-state index in [0.717, 1.165) is 0 Å². The lowest BCUT2D eigenvalue weighted by molar-refractivity contribution is -0.00978. The molecule has 1 aliphatic rings. The number of aliphatic hydroxyl groups excluding tert-OH is 2. The Morgan fingerprint density at radius 2 is 2.27 bits per heavy atom. The maximum absolute atomic E-state index is 12.7. The molecule has 4 unspecified atom stereocenters. The Morgan fingerprint density at radius 3 is 2.55 bits per heavy atom. The maximum Gasteiger partial charge on any atom is 0.178 e. The molecule has 1 fully saturated rings. The highest BCUT2D eigenvalue weighted by Gasteiger charge is 2.43. The van der Waals surface area contributed by atoms with Crippen molar-refractivity contribution in [3.63, 3.8) is 0 Å². The zero-order valence-corrected chi connectivity index (χ0v) is 5.64. The van der Waals surface area contributed by atoms with Gasteiger partial charge in [-0.2, -0.15) is 5.26 Å². The van der Waals surface area contributed by atoms with Gasteiger partial charge in [-0.1, -0.05) is 0 Å².